The van der Waals surface area contributed by atoms with Crippen molar-refractivity contribution in [2.24, 2.45) is 0 Å². The van der Waals surface area contributed by atoms with Gasteiger partial charge in [-0.15, -0.1) is 0 Å². The maximum atomic E-state index is 13.1. The van der Waals surface area contributed by atoms with Crippen molar-refractivity contribution in [2.45, 2.75) is 378 Å². The lowest BCUT2D eigenvalue weighted by Crippen LogP contribution is -2.60. The van der Waals surface area contributed by atoms with E-state index < -0.39 is 49.5 Å². The van der Waals surface area contributed by atoms with E-state index in [2.05, 4.69) is 31.3 Å². The van der Waals surface area contributed by atoms with Crippen LogP contribution in [0.2, 0.25) is 0 Å². The Morgan fingerprint density at radius 1 is 0.440 bits per heavy atom. The van der Waals surface area contributed by atoms with E-state index in [0.29, 0.717) is 6.42 Å². The molecule has 7 unspecified atom stereocenters. The molecule has 0 aromatic heterocycles. The summed E-state index contributed by atoms with van der Waals surface area (Å²) in [4.78, 5) is 13.1. The quantitative estimate of drug-likeness (QED) is 0.0261. The number of carbonyl (C=O) groups is 1. The number of nitrogens with one attached hydrogen (secondary N) is 1. The van der Waals surface area contributed by atoms with E-state index in [0.717, 1.165) is 38.5 Å². The maximum Gasteiger partial charge on any atom is 0.220 e. The van der Waals surface area contributed by atoms with Crippen LogP contribution in [-0.4, -0.2) is 87.5 Å². The summed E-state index contributed by atoms with van der Waals surface area (Å²) in [6.45, 7) is 3.83. The van der Waals surface area contributed by atoms with Gasteiger partial charge in [-0.2, -0.15) is 0 Å². The van der Waals surface area contributed by atoms with Crippen molar-refractivity contribution in [2.75, 3.05) is 13.2 Å². The van der Waals surface area contributed by atoms with Crippen LogP contribution in [0, 0.1) is 0 Å². The van der Waals surface area contributed by atoms with Crippen molar-refractivity contribution in [1.29, 1.82) is 0 Å². The van der Waals surface area contributed by atoms with E-state index in [1.54, 1.807) is 6.08 Å². The summed E-state index contributed by atoms with van der Waals surface area (Å²) in [6.07, 6.45) is 65.6. The molecule has 9 heteroatoms. The zero-order chi connectivity index (χ0) is 54.3. The van der Waals surface area contributed by atoms with Crippen molar-refractivity contribution in [3.8, 4) is 0 Å². The van der Waals surface area contributed by atoms with Crippen molar-refractivity contribution in [3.63, 3.8) is 0 Å². The second-order valence-corrected chi connectivity index (χ2v) is 23.3. The predicted octanol–water partition coefficient (Wildman–Crippen LogP) is 17.3. The van der Waals surface area contributed by atoms with Gasteiger partial charge in [0.1, 0.15) is 24.4 Å². The van der Waals surface area contributed by atoms with Gasteiger partial charge in [0, 0.05) is 6.42 Å². The Balaban J connectivity index is 2.14. The largest absolute Gasteiger partial charge is 0.394 e. The van der Waals surface area contributed by atoms with E-state index in [4.69, 9.17) is 9.47 Å². The number of allylic oxidation sites excluding steroid dienone is 3. The summed E-state index contributed by atoms with van der Waals surface area (Å²) in [5.74, 6) is -0.170. The molecule has 0 aromatic carbocycles. The molecule has 6 N–H and O–H groups in total. The molecule has 444 valence electrons. The Labute approximate surface area is 464 Å². The fourth-order valence-corrected chi connectivity index (χ4v) is 10.8. The van der Waals surface area contributed by atoms with Crippen LogP contribution in [0.5, 0.6) is 0 Å². The highest BCUT2D eigenvalue weighted by Gasteiger charge is 2.44. The molecule has 0 aliphatic carbocycles. The van der Waals surface area contributed by atoms with Gasteiger partial charge in [0.2, 0.25) is 5.91 Å². The third-order valence-electron chi connectivity index (χ3n) is 16.0. The average Bonchev–Trinajstić information content (AvgIpc) is 3.41. The van der Waals surface area contributed by atoms with Gasteiger partial charge >= 0.3 is 0 Å². The summed E-state index contributed by atoms with van der Waals surface area (Å²) < 4.78 is 11.3. The fraction of sp³-hybridized carbons (Fsp3) is 0.924. The van der Waals surface area contributed by atoms with Gasteiger partial charge in [0.25, 0.3) is 0 Å². The highest BCUT2D eigenvalue weighted by Crippen LogP contribution is 2.23. The molecular formula is C66H127NO8. The summed E-state index contributed by atoms with van der Waals surface area (Å²) in [5.41, 5.74) is 0. The second kappa shape index (κ2) is 56.0. The Bertz CT molecular complexity index is 1230. The first kappa shape index (κ1) is 71.7. The number of ether oxygens (including phenoxy) is 2. The Morgan fingerprint density at radius 3 is 1.08 bits per heavy atom. The van der Waals surface area contributed by atoms with Crippen LogP contribution in [0.15, 0.2) is 24.3 Å². The normalized spacial score (nSPS) is 18.9. The van der Waals surface area contributed by atoms with Crippen molar-refractivity contribution >= 4 is 5.91 Å². The minimum absolute atomic E-state index is 0.170. The molecule has 9 nitrogen and oxygen atoms in total. The number of amides is 1. The zero-order valence-electron chi connectivity index (χ0n) is 49.6. The van der Waals surface area contributed by atoms with Crippen LogP contribution in [0.4, 0.5) is 0 Å². The molecule has 7 atom stereocenters. The van der Waals surface area contributed by atoms with Gasteiger partial charge in [0.05, 0.1) is 25.4 Å². The molecule has 1 saturated heterocycles. The number of hydrogen-bond donors (Lipinski definition) is 6. The van der Waals surface area contributed by atoms with Crippen LogP contribution >= 0.6 is 0 Å². The van der Waals surface area contributed by atoms with Crippen LogP contribution in [0.3, 0.4) is 0 Å². The molecule has 0 saturated carbocycles. The summed E-state index contributed by atoms with van der Waals surface area (Å²) in [5, 5.41) is 54.7. The van der Waals surface area contributed by atoms with Gasteiger partial charge < -0.3 is 40.3 Å². The minimum Gasteiger partial charge on any atom is -0.394 e. The monoisotopic (exact) mass is 1060 g/mol. The molecular weight excluding hydrogens is 935 g/mol. The lowest BCUT2D eigenvalue weighted by molar-refractivity contribution is -0.302. The Kier molecular flexibility index (Phi) is 53.5. The van der Waals surface area contributed by atoms with Crippen LogP contribution in [-0.2, 0) is 14.3 Å². The fourth-order valence-electron chi connectivity index (χ4n) is 10.8. The van der Waals surface area contributed by atoms with Gasteiger partial charge in [-0.1, -0.05) is 308 Å². The summed E-state index contributed by atoms with van der Waals surface area (Å²) in [6, 6.07) is -0.804. The Morgan fingerprint density at radius 2 is 0.747 bits per heavy atom. The highest BCUT2D eigenvalue weighted by molar-refractivity contribution is 5.76. The standard InChI is InChI=1S/C66H127NO8/c1-3-5-7-9-11-13-15-17-19-21-23-25-27-28-29-30-31-32-33-34-36-38-40-42-44-46-48-50-52-54-56-62(70)67-59(58-74-66-65(73)64(72)63(71)61(57-68)75-66)60(69)55-53-51-49-47-45-43-41-39-37-35-26-24-22-20-18-16-14-12-10-8-6-4-2/h28-29,53,55,59-61,63-66,68-69,71-73H,3-27,30-52,54,56-58H2,1-2H3,(H,67,70)/b29-28-,55-53+. The molecule has 0 bridgehead atoms. The van der Waals surface area contributed by atoms with E-state index in [-0.39, 0.29) is 12.5 Å². The van der Waals surface area contributed by atoms with Crippen molar-refractivity contribution in [3.05, 3.63) is 24.3 Å². The molecule has 1 rings (SSSR count). The van der Waals surface area contributed by atoms with Gasteiger partial charge in [-0.05, 0) is 44.9 Å². The number of carbonyl (C=O) groups excluding carboxylic acids is 1. The molecule has 1 aliphatic rings. The second-order valence-electron chi connectivity index (χ2n) is 23.3. The average molecular weight is 1060 g/mol. The van der Waals surface area contributed by atoms with E-state index in [1.165, 1.54) is 276 Å². The molecule has 0 spiro atoms. The van der Waals surface area contributed by atoms with Gasteiger partial charge in [-0.25, -0.2) is 0 Å². The van der Waals surface area contributed by atoms with Gasteiger partial charge in [0.15, 0.2) is 6.29 Å². The van der Waals surface area contributed by atoms with Gasteiger partial charge in [-0.3, -0.25) is 4.79 Å². The van der Waals surface area contributed by atoms with Crippen LogP contribution < -0.4 is 5.32 Å². The van der Waals surface area contributed by atoms with Crippen molar-refractivity contribution in [1.82, 2.24) is 5.32 Å². The smallest absolute Gasteiger partial charge is 0.220 e. The molecule has 1 amide bonds. The van der Waals surface area contributed by atoms with Crippen LogP contribution in [0.1, 0.15) is 335 Å². The topological polar surface area (TPSA) is 149 Å². The molecule has 0 radical (unpaired) electrons. The predicted molar refractivity (Wildman–Crippen MR) is 318 cm³/mol. The first-order valence-electron chi connectivity index (χ1n) is 33.1. The third kappa shape index (κ3) is 45.1. The first-order valence-corrected chi connectivity index (χ1v) is 33.1. The van der Waals surface area contributed by atoms with Crippen LogP contribution in [0.25, 0.3) is 0 Å². The number of unbranched alkanes of at least 4 members (excludes halogenated alkanes) is 46. The van der Waals surface area contributed by atoms with E-state index in [1.807, 2.05) is 6.08 Å². The molecule has 0 aromatic rings. The van der Waals surface area contributed by atoms with E-state index >= 15 is 0 Å². The SMILES string of the molecule is CCCCCCCCCCCCCC/C=C\CCCCCCCCCCCCCCCCC(=O)NC(COC1OC(CO)C(O)C(O)C1O)C(O)/C=C/CCCCCCCCCCCCCCCCCCCCCC. The summed E-state index contributed by atoms with van der Waals surface area (Å²) >= 11 is 0. The molecule has 1 aliphatic heterocycles. The first-order chi connectivity index (χ1) is 36.8. The Hall–Kier alpha value is -1.33. The van der Waals surface area contributed by atoms with E-state index in [9.17, 15) is 30.3 Å². The zero-order valence-corrected chi connectivity index (χ0v) is 49.6. The van der Waals surface area contributed by atoms with Crippen molar-refractivity contribution < 1.29 is 39.8 Å². The molecule has 75 heavy (non-hydrogen) atoms. The minimum atomic E-state index is -1.57. The number of hydrogen-bond acceptors (Lipinski definition) is 8. The number of aliphatic hydroxyl groups excluding tert-OH is 5. The lowest BCUT2D eigenvalue weighted by atomic mass is 9.99. The molecule has 1 heterocycles. The number of aliphatic hydroxyl groups is 5. The molecule has 1 fully saturated rings. The maximum absolute atomic E-state index is 13.1. The lowest BCUT2D eigenvalue weighted by Gasteiger charge is -2.40. The number of rotatable bonds is 58. The summed E-state index contributed by atoms with van der Waals surface area (Å²) in [7, 11) is 0. The third-order valence-corrected chi connectivity index (χ3v) is 16.0. The highest BCUT2D eigenvalue weighted by atomic mass is 16.7.